The first-order valence-corrected chi connectivity index (χ1v) is 15.0. The maximum atomic E-state index is 13.1. The fourth-order valence-corrected chi connectivity index (χ4v) is 6.54. The zero-order chi connectivity index (χ0) is 25.2. The van der Waals surface area contributed by atoms with Crippen molar-refractivity contribution in [1.82, 2.24) is 15.1 Å². The Bertz CT molecular complexity index is 1020. The Balaban J connectivity index is 1.25. The number of thiophene rings is 2. The minimum atomic E-state index is -0.134. The second-order valence-corrected chi connectivity index (χ2v) is 11.7. The van der Waals surface area contributed by atoms with Crippen molar-refractivity contribution in [2.75, 3.05) is 26.2 Å². The van der Waals surface area contributed by atoms with E-state index in [0.29, 0.717) is 31.8 Å². The Morgan fingerprint density at radius 2 is 1.75 bits per heavy atom. The number of hydrogen-bond acceptors (Lipinski definition) is 5. The quantitative estimate of drug-likeness (QED) is 0.422. The summed E-state index contributed by atoms with van der Waals surface area (Å²) >= 11 is 3.34. The van der Waals surface area contributed by atoms with Crippen LogP contribution < -0.4 is 5.32 Å². The van der Waals surface area contributed by atoms with E-state index in [1.54, 1.807) is 27.6 Å². The zero-order valence-electron chi connectivity index (χ0n) is 21.0. The van der Waals surface area contributed by atoms with Crippen molar-refractivity contribution in [3.05, 3.63) is 56.6 Å². The summed E-state index contributed by atoms with van der Waals surface area (Å²) < 4.78 is 0. The molecule has 0 spiro atoms. The second kappa shape index (κ2) is 13.7. The van der Waals surface area contributed by atoms with E-state index in [-0.39, 0.29) is 30.7 Å². The summed E-state index contributed by atoms with van der Waals surface area (Å²) in [6, 6.07) is 8.12. The minimum absolute atomic E-state index is 0.0545. The van der Waals surface area contributed by atoms with Crippen molar-refractivity contribution in [3.8, 4) is 0 Å². The molecule has 1 fully saturated rings. The highest BCUT2D eigenvalue weighted by Crippen LogP contribution is 2.35. The molecular formula is C28H37N3O3S2. The van der Waals surface area contributed by atoms with Gasteiger partial charge in [-0.3, -0.25) is 14.4 Å². The molecule has 0 aromatic carbocycles. The molecule has 1 unspecified atom stereocenters. The third-order valence-electron chi connectivity index (χ3n) is 7.03. The first-order chi connectivity index (χ1) is 17.6. The minimum Gasteiger partial charge on any atom is -0.354 e. The molecule has 6 nitrogen and oxygen atoms in total. The van der Waals surface area contributed by atoms with Crippen LogP contribution in [0.25, 0.3) is 0 Å². The molecule has 0 bridgehead atoms. The number of carbonyl (C=O) groups is 3. The van der Waals surface area contributed by atoms with Crippen molar-refractivity contribution < 1.29 is 14.4 Å². The lowest BCUT2D eigenvalue weighted by Gasteiger charge is -2.38. The highest BCUT2D eigenvalue weighted by atomic mass is 32.1. The Morgan fingerprint density at radius 1 is 1.00 bits per heavy atom. The van der Waals surface area contributed by atoms with Gasteiger partial charge in [-0.05, 0) is 80.2 Å². The van der Waals surface area contributed by atoms with Crippen molar-refractivity contribution in [1.29, 1.82) is 0 Å². The highest BCUT2D eigenvalue weighted by molar-refractivity contribution is 7.10. The number of allylic oxidation sites excluding steroid dienone is 2. The number of fused-ring (bicyclic) bond motifs is 1. The monoisotopic (exact) mass is 527 g/mol. The average Bonchev–Trinajstić information content (AvgIpc) is 3.60. The smallest absolute Gasteiger partial charge is 0.239 e. The molecule has 0 radical (unpaired) electrons. The van der Waals surface area contributed by atoms with E-state index in [0.717, 1.165) is 32.2 Å². The SMILES string of the molecule is O=C(CN(CCc1cccs1)C(=O)CCCC(=O)N1CCCC2CCCC=C21)NCCc1cccs1. The summed E-state index contributed by atoms with van der Waals surface area (Å²) in [5.74, 6) is 0.480. The van der Waals surface area contributed by atoms with Gasteiger partial charge in [0.05, 0.1) is 6.54 Å². The van der Waals surface area contributed by atoms with Crippen LogP contribution in [0.1, 0.15) is 61.1 Å². The lowest BCUT2D eigenvalue weighted by Crippen LogP contribution is -2.42. The summed E-state index contributed by atoms with van der Waals surface area (Å²) in [5.41, 5.74) is 1.22. The van der Waals surface area contributed by atoms with Crippen molar-refractivity contribution in [2.45, 2.75) is 64.2 Å². The molecule has 1 saturated heterocycles. The molecule has 2 aromatic heterocycles. The van der Waals surface area contributed by atoms with Gasteiger partial charge in [0.25, 0.3) is 0 Å². The summed E-state index contributed by atoms with van der Waals surface area (Å²) in [6.07, 6.45) is 10.7. The van der Waals surface area contributed by atoms with Gasteiger partial charge < -0.3 is 15.1 Å². The van der Waals surface area contributed by atoms with E-state index in [4.69, 9.17) is 0 Å². The number of carbonyl (C=O) groups excluding carboxylic acids is 3. The number of amides is 3. The van der Waals surface area contributed by atoms with Gasteiger partial charge in [0.15, 0.2) is 0 Å². The predicted octanol–water partition coefficient (Wildman–Crippen LogP) is 5.02. The van der Waals surface area contributed by atoms with Gasteiger partial charge in [0.2, 0.25) is 17.7 Å². The summed E-state index contributed by atoms with van der Waals surface area (Å²) in [7, 11) is 0. The summed E-state index contributed by atoms with van der Waals surface area (Å²) in [5, 5.41) is 7.01. The fourth-order valence-electron chi connectivity index (χ4n) is 5.13. The van der Waals surface area contributed by atoms with Gasteiger partial charge in [-0.2, -0.15) is 0 Å². The molecule has 3 amide bonds. The van der Waals surface area contributed by atoms with Crippen LogP contribution in [0.4, 0.5) is 0 Å². The van der Waals surface area contributed by atoms with Crippen LogP contribution >= 0.6 is 22.7 Å². The van der Waals surface area contributed by atoms with Crippen LogP contribution in [0.15, 0.2) is 46.8 Å². The first kappa shape index (κ1) is 26.6. The van der Waals surface area contributed by atoms with Crippen LogP contribution in [0.5, 0.6) is 0 Å². The average molecular weight is 528 g/mol. The summed E-state index contributed by atoms with van der Waals surface area (Å²) in [4.78, 5) is 44.7. The third kappa shape index (κ3) is 7.77. The normalized spacial score (nSPS) is 17.3. The molecule has 2 aromatic rings. The molecule has 4 rings (SSSR count). The molecule has 36 heavy (non-hydrogen) atoms. The number of nitrogens with one attached hydrogen (secondary N) is 1. The van der Waals surface area contributed by atoms with Gasteiger partial charge in [-0.25, -0.2) is 0 Å². The standard InChI is InChI=1S/C28H37N3O3S2/c32-26(29-16-14-23-9-5-19-35-23)21-30(18-15-24-10-6-20-36-24)27(33)12-3-13-28(34)31-17-4-8-22-7-1-2-11-25(22)31/h5-6,9-11,19-20,22H,1-4,7-8,12-18,21H2,(H,29,32). The maximum absolute atomic E-state index is 13.1. The molecule has 3 heterocycles. The highest BCUT2D eigenvalue weighted by Gasteiger charge is 2.30. The Kier molecular flexibility index (Phi) is 10.2. The van der Waals surface area contributed by atoms with E-state index in [1.807, 2.05) is 27.8 Å². The van der Waals surface area contributed by atoms with E-state index in [1.165, 1.54) is 34.7 Å². The van der Waals surface area contributed by atoms with Gasteiger partial charge in [0.1, 0.15) is 0 Å². The van der Waals surface area contributed by atoms with Crippen molar-refractivity contribution in [3.63, 3.8) is 0 Å². The van der Waals surface area contributed by atoms with Crippen LogP contribution in [0.2, 0.25) is 0 Å². The molecule has 1 aliphatic carbocycles. The van der Waals surface area contributed by atoms with Crippen LogP contribution in [0, 0.1) is 5.92 Å². The van der Waals surface area contributed by atoms with E-state index in [9.17, 15) is 14.4 Å². The van der Waals surface area contributed by atoms with Crippen molar-refractivity contribution >= 4 is 40.4 Å². The zero-order valence-corrected chi connectivity index (χ0v) is 22.6. The Labute approximate surface area is 222 Å². The molecule has 1 N–H and O–H groups in total. The molecule has 1 atom stereocenters. The molecule has 2 aliphatic rings. The number of hydrogen-bond donors (Lipinski definition) is 1. The van der Waals surface area contributed by atoms with Crippen molar-refractivity contribution in [2.24, 2.45) is 5.92 Å². The van der Waals surface area contributed by atoms with Gasteiger partial charge in [0, 0.05) is 47.9 Å². The maximum Gasteiger partial charge on any atom is 0.239 e. The van der Waals surface area contributed by atoms with E-state index < -0.39 is 0 Å². The second-order valence-electron chi connectivity index (χ2n) is 9.62. The Hall–Kier alpha value is -2.45. The van der Waals surface area contributed by atoms with Crippen LogP contribution in [0.3, 0.4) is 0 Å². The van der Waals surface area contributed by atoms with Gasteiger partial charge >= 0.3 is 0 Å². The number of rotatable bonds is 12. The lowest BCUT2D eigenvalue weighted by molar-refractivity contribution is -0.136. The van der Waals surface area contributed by atoms with E-state index in [2.05, 4.69) is 23.5 Å². The topological polar surface area (TPSA) is 69.7 Å². The predicted molar refractivity (Wildman–Crippen MR) is 146 cm³/mol. The molecule has 194 valence electrons. The van der Waals surface area contributed by atoms with Gasteiger partial charge in [-0.15, -0.1) is 22.7 Å². The van der Waals surface area contributed by atoms with Crippen LogP contribution in [-0.2, 0) is 27.2 Å². The molecule has 1 aliphatic heterocycles. The fraction of sp³-hybridized carbons (Fsp3) is 0.536. The Morgan fingerprint density at radius 3 is 2.50 bits per heavy atom. The number of piperidine rings is 1. The lowest BCUT2D eigenvalue weighted by atomic mass is 9.85. The molecule has 8 heteroatoms. The number of nitrogens with zero attached hydrogens (tertiary/aromatic N) is 2. The van der Waals surface area contributed by atoms with Crippen LogP contribution in [-0.4, -0.2) is 53.7 Å². The third-order valence-corrected chi connectivity index (χ3v) is 8.90. The molecular weight excluding hydrogens is 490 g/mol. The van der Waals surface area contributed by atoms with Gasteiger partial charge in [-0.1, -0.05) is 18.2 Å². The summed E-state index contributed by atoms with van der Waals surface area (Å²) in [6.45, 7) is 1.93. The van der Waals surface area contributed by atoms with E-state index >= 15 is 0 Å². The number of likely N-dealkylation sites (tertiary alicyclic amines) is 1. The first-order valence-electron chi connectivity index (χ1n) is 13.2. The molecule has 0 saturated carbocycles. The largest absolute Gasteiger partial charge is 0.354 e.